The molecule has 0 aliphatic heterocycles. The monoisotopic (exact) mass is 400 g/mol. The maximum absolute atomic E-state index is 13.9. The molecule has 2 aromatic carbocycles. The first kappa shape index (κ1) is 19.6. The largest absolute Gasteiger partial charge is 0.497 e. The van der Waals surface area contributed by atoms with E-state index in [-0.39, 0.29) is 5.91 Å². The minimum Gasteiger partial charge on any atom is -0.497 e. The lowest BCUT2D eigenvalue weighted by atomic mass is 10.1. The Kier molecular flexibility index (Phi) is 5.23. The van der Waals surface area contributed by atoms with Gasteiger partial charge in [-0.25, -0.2) is 4.98 Å². The summed E-state index contributed by atoms with van der Waals surface area (Å²) in [5, 5.41) is 5.27. The van der Waals surface area contributed by atoms with Crippen LogP contribution in [0.5, 0.6) is 5.75 Å². The average molecular weight is 400 g/mol. The predicted octanol–water partition coefficient (Wildman–Crippen LogP) is 4.44. The number of ether oxygens (including phenoxy) is 1. The van der Waals surface area contributed by atoms with E-state index in [1.807, 2.05) is 81.6 Å². The van der Waals surface area contributed by atoms with E-state index in [0.717, 1.165) is 33.8 Å². The number of aromatic nitrogens is 3. The maximum Gasteiger partial charge on any atom is 0.259 e. The standard InChI is InChI=1S/C24H24N4O2/c1-16-14-21(22-17(2)26-27(3)23(22)25-16)24(29)28(15-18-8-6-5-7-9-18)19-10-12-20(30-4)13-11-19/h5-14H,15H2,1-4H3. The lowest BCUT2D eigenvalue weighted by molar-refractivity contribution is 0.0986. The van der Waals surface area contributed by atoms with Gasteiger partial charge in [-0.2, -0.15) is 5.10 Å². The van der Waals surface area contributed by atoms with Gasteiger partial charge >= 0.3 is 0 Å². The number of hydrogen-bond acceptors (Lipinski definition) is 4. The Balaban J connectivity index is 1.84. The number of fused-ring (bicyclic) bond motifs is 1. The van der Waals surface area contributed by atoms with Crippen molar-refractivity contribution in [3.8, 4) is 5.75 Å². The van der Waals surface area contributed by atoms with Gasteiger partial charge in [0.15, 0.2) is 5.65 Å². The SMILES string of the molecule is COc1ccc(N(Cc2ccccc2)C(=O)c2cc(C)nc3c2c(C)nn3C)cc1. The van der Waals surface area contributed by atoms with Crippen molar-refractivity contribution in [2.24, 2.45) is 7.05 Å². The summed E-state index contributed by atoms with van der Waals surface area (Å²) in [5.74, 6) is 0.659. The third kappa shape index (κ3) is 3.64. The first-order valence-corrected chi connectivity index (χ1v) is 9.78. The summed E-state index contributed by atoms with van der Waals surface area (Å²) in [5.41, 5.74) is 4.74. The molecular weight excluding hydrogens is 376 g/mol. The minimum absolute atomic E-state index is 0.0874. The van der Waals surface area contributed by atoms with Crippen LogP contribution >= 0.6 is 0 Å². The van der Waals surface area contributed by atoms with Crippen LogP contribution in [0.15, 0.2) is 60.7 Å². The van der Waals surface area contributed by atoms with Gasteiger partial charge in [0.1, 0.15) is 5.75 Å². The highest BCUT2D eigenvalue weighted by Crippen LogP contribution is 2.27. The second kappa shape index (κ2) is 7.99. The summed E-state index contributed by atoms with van der Waals surface area (Å²) in [6.07, 6.45) is 0. The number of methoxy groups -OCH3 is 1. The predicted molar refractivity (Wildman–Crippen MR) is 118 cm³/mol. The highest BCUT2D eigenvalue weighted by molar-refractivity contribution is 6.13. The highest BCUT2D eigenvalue weighted by Gasteiger charge is 2.24. The topological polar surface area (TPSA) is 60.2 Å². The van der Waals surface area contributed by atoms with E-state index < -0.39 is 0 Å². The molecule has 0 aliphatic carbocycles. The van der Waals surface area contributed by atoms with Crippen molar-refractivity contribution in [2.45, 2.75) is 20.4 Å². The van der Waals surface area contributed by atoms with E-state index in [9.17, 15) is 4.79 Å². The van der Waals surface area contributed by atoms with Gasteiger partial charge in [0.25, 0.3) is 5.91 Å². The Hall–Kier alpha value is -3.67. The Morgan fingerprint density at radius 1 is 1.07 bits per heavy atom. The molecule has 0 fully saturated rings. The van der Waals surface area contributed by atoms with E-state index in [2.05, 4.69) is 10.1 Å². The molecule has 0 bridgehead atoms. The van der Waals surface area contributed by atoms with Gasteiger partial charge in [-0.05, 0) is 49.7 Å². The molecule has 6 heteroatoms. The molecule has 0 atom stereocenters. The smallest absolute Gasteiger partial charge is 0.259 e. The van der Waals surface area contributed by atoms with Crippen LogP contribution in [0, 0.1) is 13.8 Å². The zero-order chi connectivity index (χ0) is 21.3. The molecule has 152 valence electrons. The fourth-order valence-corrected chi connectivity index (χ4v) is 3.69. The molecule has 0 unspecified atom stereocenters. The molecule has 2 heterocycles. The van der Waals surface area contributed by atoms with Crippen molar-refractivity contribution >= 4 is 22.6 Å². The molecule has 6 nitrogen and oxygen atoms in total. The van der Waals surface area contributed by atoms with Crippen molar-refractivity contribution < 1.29 is 9.53 Å². The minimum atomic E-state index is -0.0874. The molecule has 0 N–H and O–H groups in total. The molecular formula is C24H24N4O2. The van der Waals surface area contributed by atoms with Crippen molar-refractivity contribution in [3.63, 3.8) is 0 Å². The first-order chi connectivity index (χ1) is 14.5. The van der Waals surface area contributed by atoms with Crippen molar-refractivity contribution in [3.05, 3.63) is 83.2 Å². The molecule has 0 spiro atoms. The third-order valence-electron chi connectivity index (χ3n) is 5.14. The lowest BCUT2D eigenvalue weighted by Crippen LogP contribution is -2.30. The van der Waals surface area contributed by atoms with Crippen LogP contribution in [0.2, 0.25) is 0 Å². The van der Waals surface area contributed by atoms with Crippen molar-refractivity contribution in [1.82, 2.24) is 14.8 Å². The van der Waals surface area contributed by atoms with Gasteiger partial charge in [0.05, 0.1) is 30.3 Å². The van der Waals surface area contributed by atoms with Crippen LogP contribution < -0.4 is 9.64 Å². The van der Waals surface area contributed by atoms with E-state index >= 15 is 0 Å². The summed E-state index contributed by atoms with van der Waals surface area (Å²) in [4.78, 5) is 20.2. The Morgan fingerprint density at radius 2 is 1.77 bits per heavy atom. The number of carbonyl (C=O) groups is 1. The zero-order valence-electron chi connectivity index (χ0n) is 17.6. The summed E-state index contributed by atoms with van der Waals surface area (Å²) >= 11 is 0. The number of benzene rings is 2. The van der Waals surface area contributed by atoms with Crippen LogP contribution in [0.3, 0.4) is 0 Å². The van der Waals surface area contributed by atoms with Crippen LogP contribution in [-0.4, -0.2) is 27.8 Å². The highest BCUT2D eigenvalue weighted by atomic mass is 16.5. The summed E-state index contributed by atoms with van der Waals surface area (Å²) in [7, 11) is 3.48. The molecule has 0 radical (unpaired) electrons. The van der Waals surface area contributed by atoms with Gasteiger partial charge in [-0.15, -0.1) is 0 Å². The fraction of sp³-hybridized carbons (Fsp3) is 0.208. The molecule has 4 rings (SSSR count). The molecule has 0 saturated carbocycles. The fourth-order valence-electron chi connectivity index (χ4n) is 3.69. The van der Waals surface area contributed by atoms with Crippen LogP contribution in [0.4, 0.5) is 5.69 Å². The van der Waals surface area contributed by atoms with Gasteiger partial charge < -0.3 is 9.64 Å². The summed E-state index contributed by atoms with van der Waals surface area (Å²) in [6, 6.07) is 19.4. The number of rotatable bonds is 5. The van der Waals surface area contributed by atoms with E-state index in [4.69, 9.17) is 4.74 Å². The molecule has 1 amide bonds. The van der Waals surface area contributed by atoms with Gasteiger partial charge in [-0.1, -0.05) is 30.3 Å². The molecule has 30 heavy (non-hydrogen) atoms. The van der Waals surface area contributed by atoms with Crippen molar-refractivity contribution in [2.75, 3.05) is 12.0 Å². The van der Waals surface area contributed by atoms with Crippen molar-refractivity contribution in [1.29, 1.82) is 0 Å². The van der Waals surface area contributed by atoms with E-state index in [0.29, 0.717) is 17.8 Å². The molecule has 0 saturated heterocycles. The number of aryl methyl sites for hydroxylation is 3. The number of amides is 1. The number of hydrogen-bond donors (Lipinski definition) is 0. The first-order valence-electron chi connectivity index (χ1n) is 9.78. The number of anilines is 1. The maximum atomic E-state index is 13.9. The van der Waals surface area contributed by atoms with E-state index in [1.54, 1.807) is 16.7 Å². The average Bonchev–Trinajstić information content (AvgIpc) is 3.05. The van der Waals surface area contributed by atoms with E-state index in [1.165, 1.54) is 0 Å². The zero-order valence-corrected chi connectivity index (χ0v) is 17.6. The Labute approximate surface area is 175 Å². The number of pyridine rings is 1. The Morgan fingerprint density at radius 3 is 2.43 bits per heavy atom. The van der Waals surface area contributed by atoms with Gasteiger partial charge in [0.2, 0.25) is 0 Å². The number of nitrogens with zero attached hydrogens (tertiary/aromatic N) is 4. The third-order valence-corrected chi connectivity index (χ3v) is 5.14. The summed E-state index contributed by atoms with van der Waals surface area (Å²) < 4.78 is 7.01. The molecule has 2 aromatic heterocycles. The summed E-state index contributed by atoms with van der Waals surface area (Å²) in [6.45, 7) is 4.26. The van der Waals surface area contributed by atoms with Crippen LogP contribution in [-0.2, 0) is 13.6 Å². The van der Waals surface area contributed by atoms with Gasteiger partial charge in [0, 0.05) is 18.4 Å². The van der Waals surface area contributed by atoms with Crippen LogP contribution in [0.1, 0.15) is 27.3 Å². The lowest BCUT2D eigenvalue weighted by Gasteiger charge is -2.24. The van der Waals surface area contributed by atoms with Gasteiger partial charge in [-0.3, -0.25) is 9.48 Å². The second-order valence-electron chi connectivity index (χ2n) is 7.29. The van der Waals surface area contributed by atoms with Crippen LogP contribution in [0.25, 0.3) is 11.0 Å². The Bertz CT molecular complexity index is 1200. The quantitative estimate of drug-likeness (QED) is 0.497. The number of carbonyl (C=O) groups excluding carboxylic acids is 1. The normalized spacial score (nSPS) is 10.9. The second-order valence-corrected chi connectivity index (χ2v) is 7.29. The molecule has 0 aliphatic rings. The molecule has 4 aromatic rings.